The van der Waals surface area contributed by atoms with Gasteiger partial charge >= 0.3 is 0 Å². The Morgan fingerprint density at radius 1 is 1.09 bits per heavy atom. The van der Waals surface area contributed by atoms with Crippen LogP contribution in [0.4, 0.5) is 5.69 Å². The average molecular weight is 333 g/mol. The molecule has 1 unspecified atom stereocenters. The standard InChI is InChI=1S/C17H19NO4S/c19-13-16(20)9-5-7-14-6-4-8-15(12-14)18-23(21,22)17-10-2-1-3-11-17/h1-8,10-12,16,18-20H,9,13H2. The van der Waals surface area contributed by atoms with Gasteiger partial charge in [0.25, 0.3) is 10.0 Å². The summed E-state index contributed by atoms with van der Waals surface area (Å²) in [6, 6.07) is 15.1. The van der Waals surface area contributed by atoms with E-state index in [9.17, 15) is 13.5 Å². The van der Waals surface area contributed by atoms with E-state index in [1.54, 1.807) is 48.6 Å². The molecule has 0 spiro atoms. The predicted octanol–water partition coefficient (Wildman–Crippen LogP) is 2.24. The van der Waals surface area contributed by atoms with Crippen molar-refractivity contribution in [3.8, 4) is 0 Å². The van der Waals surface area contributed by atoms with Crippen LogP contribution in [0.3, 0.4) is 0 Å². The highest BCUT2D eigenvalue weighted by atomic mass is 32.2. The van der Waals surface area contributed by atoms with Crippen LogP contribution in [0, 0.1) is 0 Å². The highest BCUT2D eigenvalue weighted by Gasteiger charge is 2.13. The van der Waals surface area contributed by atoms with Gasteiger partial charge in [0.1, 0.15) is 0 Å². The SMILES string of the molecule is O=S(=O)(Nc1cccc(C=CCC(O)CO)c1)c1ccccc1. The third-order valence-electron chi connectivity index (χ3n) is 3.12. The number of hydrogen-bond acceptors (Lipinski definition) is 4. The lowest BCUT2D eigenvalue weighted by Gasteiger charge is -2.08. The van der Waals surface area contributed by atoms with Gasteiger partial charge in [-0.25, -0.2) is 8.42 Å². The molecule has 0 saturated carbocycles. The molecule has 2 aromatic carbocycles. The summed E-state index contributed by atoms with van der Waals surface area (Å²) in [4.78, 5) is 0.201. The Kier molecular flexibility index (Phi) is 5.92. The van der Waals surface area contributed by atoms with Crippen LogP contribution in [0.5, 0.6) is 0 Å². The van der Waals surface area contributed by atoms with Crippen molar-refractivity contribution in [2.24, 2.45) is 0 Å². The molecule has 1 atom stereocenters. The molecule has 0 aliphatic rings. The highest BCUT2D eigenvalue weighted by molar-refractivity contribution is 7.92. The molecule has 0 aliphatic heterocycles. The second kappa shape index (κ2) is 7.92. The fourth-order valence-electron chi connectivity index (χ4n) is 1.96. The molecule has 0 radical (unpaired) electrons. The smallest absolute Gasteiger partial charge is 0.261 e. The van der Waals surface area contributed by atoms with E-state index in [-0.39, 0.29) is 11.5 Å². The van der Waals surface area contributed by atoms with Gasteiger partial charge in [-0.15, -0.1) is 0 Å². The first kappa shape index (κ1) is 17.2. The van der Waals surface area contributed by atoms with Crippen molar-refractivity contribution in [3.05, 3.63) is 66.2 Å². The molecule has 6 heteroatoms. The molecule has 5 nitrogen and oxygen atoms in total. The third-order valence-corrected chi connectivity index (χ3v) is 4.52. The maximum Gasteiger partial charge on any atom is 0.261 e. The first-order chi connectivity index (χ1) is 11.0. The second-order valence-corrected chi connectivity index (χ2v) is 6.70. The number of hydrogen-bond donors (Lipinski definition) is 3. The molecule has 2 aromatic rings. The fraction of sp³-hybridized carbons (Fsp3) is 0.176. The summed E-state index contributed by atoms with van der Waals surface area (Å²) < 4.78 is 27.1. The second-order valence-electron chi connectivity index (χ2n) is 5.02. The quantitative estimate of drug-likeness (QED) is 0.725. The number of nitrogens with one attached hydrogen (secondary N) is 1. The molecule has 0 bridgehead atoms. The van der Waals surface area contributed by atoms with Gasteiger partial charge in [-0.05, 0) is 36.2 Å². The van der Waals surface area contributed by atoms with Crippen LogP contribution >= 0.6 is 0 Å². The summed E-state index contributed by atoms with van der Waals surface area (Å²) in [5.74, 6) is 0. The maximum atomic E-state index is 12.3. The van der Waals surface area contributed by atoms with Gasteiger partial charge in [0.2, 0.25) is 0 Å². The number of anilines is 1. The van der Waals surface area contributed by atoms with Crippen molar-refractivity contribution in [1.82, 2.24) is 0 Å². The predicted molar refractivity (Wildman–Crippen MR) is 90.4 cm³/mol. The minimum atomic E-state index is -3.62. The minimum Gasteiger partial charge on any atom is -0.394 e. The summed E-state index contributed by atoms with van der Waals surface area (Å²) in [6.07, 6.45) is 3.03. The number of rotatable bonds is 7. The van der Waals surface area contributed by atoms with Crippen molar-refractivity contribution in [1.29, 1.82) is 0 Å². The van der Waals surface area contributed by atoms with Crippen molar-refractivity contribution in [3.63, 3.8) is 0 Å². The lowest BCUT2D eigenvalue weighted by molar-refractivity contribution is 0.0977. The summed E-state index contributed by atoms with van der Waals surface area (Å²) in [6.45, 7) is -0.290. The number of sulfonamides is 1. The van der Waals surface area contributed by atoms with E-state index < -0.39 is 16.1 Å². The van der Waals surface area contributed by atoms with Gasteiger partial charge in [0, 0.05) is 5.69 Å². The van der Waals surface area contributed by atoms with Crippen molar-refractivity contribution in [2.75, 3.05) is 11.3 Å². The Morgan fingerprint density at radius 3 is 2.52 bits per heavy atom. The third kappa shape index (κ3) is 5.21. The zero-order valence-corrected chi connectivity index (χ0v) is 13.3. The van der Waals surface area contributed by atoms with Crippen LogP contribution in [-0.4, -0.2) is 31.3 Å². The van der Waals surface area contributed by atoms with Crippen LogP contribution in [0.2, 0.25) is 0 Å². The summed E-state index contributed by atoms with van der Waals surface area (Å²) >= 11 is 0. The molecule has 23 heavy (non-hydrogen) atoms. The number of benzene rings is 2. The van der Waals surface area contributed by atoms with E-state index in [0.717, 1.165) is 5.56 Å². The number of aliphatic hydroxyl groups excluding tert-OH is 2. The summed E-state index contributed by atoms with van der Waals surface area (Å²) in [7, 11) is -3.62. The Bertz CT molecular complexity index is 757. The monoisotopic (exact) mass is 333 g/mol. The van der Waals surface area contributed by atoms with Crippen molar-refractivity contribution < 1.29 is 18.6 Å². The number of aliphatic hydroxyl groups is 2. The van der Waals surface area contributed by atoms with Gasteiger partial charge in [-0.2, -0.15) is 0 Å². The molecule has 0 fully saturated rings. The van der Waals surface area contributed by atoms with Crippen molar-refractivity contribution in [2.45, 2.75) is 17.4 Å². The lowest BCUT2D eigenvalue weighted by atomic mass is 10.1. The summed E-state index contributed by atoms with van der Waals surface area (Å²) in [5.41, 5.74) is 1.25. The molecule has 122 valence electrons. The van der Waals surface area contributed by atoms with Crippen LogP contribution in [0.25, 0.3) is 6.08 Å². The minimum absolute atomic E-state index is 0.201. The largest absolute Gasteiger partial charge is 0.394 e. The Labute approximate surface area is 136 Å². The zero-order valence-electron chi connectivity index (χ0n) is 12.5. The molecule has 0 heterocycles. The molecular weight excluding hydrogens is 314 g/mol. The Morgan fingerprint density at radius 2 is 1.83 bits per heavy atom. The Balaban J connectivity index is 2.11. The molecule has 0 aliphatic carbocycles. The first-order valence-corrected chi connectivity index (χ1v) is 8.63. The zero-order chi connectivity index (χ0) is 16.7. The maximum absolute atomic E-state index is 12.3. The van der Waals surface area contributed by atoms with E-state index in [1.165, 1.54) is 12.1 Å². The first-order valence-electron chi connectivity index (χ1n) is 7.14. The van der Waals surface area contributed by atoms with Crippen LogP contribution in [0.1, 0.15) is 12.0 Å². The molecule has 0 saturated heterocycles. The van der Waals surface area contributed by atoms with E-state index in [4.69, 9.17) is 5.11 Å². The fourth-order valence-corrected chi connectivity index (χ4v) is 3.03. The van der Waals surface area contributed by atoms with Gasteiger partial charge in [0.05, 0.1) is 17.6 Å². The van der Waals surface area contributed by atoms with Crippen LogP contribution in [-0.2, 0) is 10.0 Å². The van der Waals surface area contributed by atoms with Gasteiger partial charge < -0.3 is 10.2 Å². The van der Waals surface area contributed by atoms with E-state index in [2.05, 4.69) is 4.72 Å². The van der Waals surface area contributed by atoms with Gasteiger partial charge in [0.15, 0.2) is 0 Å². The van der Waals surface area contributed by atoms with E-state index >= 15 is 0 Å². The molecule has 0 aromatic heterocycles. The average Bonchev–Trinajstić information content (AvgIpc) is 2.55. The Hall–Kier alpha value is -2.15. The van der Waals surface area contributed by atoms with Gasteiger partial charge in [-0.1, -0.05) is 42.5 Å². The molecule has 0 amide bonds. The van der Waals surface area contributed by atoms with E-state index in [0.29, 0.717) is 12.1 Å². The van der Waals surface area contributed by atoms with E-state index in [1.807, 2.05) is 6.07 Å². The lowest BCUT2D eigenvalue weighted by Crippen LogP contribution is -2.12. The normalized spacial score (nSPS) is 13.1. The summed E-state index contributed by atoms with van der Waals surface area (Å²) in [5, 5.41) is 18.0. The molecular formula is C17H19NO4S. The van der Waals surface area contributed by atoms with Crippen LogP contribution in [0.15, 0.2) is 65.6 Å². The molecule has 2 rings (SSSR count). The molecule has 3 N–H and O–H groups in total. The van der Waals surface area contributed by atoms with Crippen LogP contribution < -0.4 is 4.72 Å². The van der Waals surface area contributed by atoms with Gasteiger partial charge in [-0.3, -0.25) is 4.72 Å². The van der Waals surface area contributed by atoms with Crippen molar-refractivity contribution >= 4 is 21.8 Å². The highest BCUT2D eigenvalue weighted by Crippen LogP contribution is 2.17. The topological polar surface area (TPSA) is 86.6 Å².